The van der Waals surface area contributed by atoms with Gasteiger partial charge >= 0.3 is 5.97 Å². The Morgan fingerprint density at radius 2 is 1.69 bits per heavy atom. The number of anilines is 3. The third-order valence-electron chi connectivity index (χ3n) is 7.88. The first kappa shape index (κ1) is 32.3. The summed E-state index contributed by atoms with van der Waals surface area (Å²) in [6.45, 7) is 6.80. The van der Waals surface area contributed by atoms with Gasteiger partial charge < -0.3 is 19.9 Å². The van der Waals surface area contributed by atoms with E-state index < -0.39 is 17.8 Å². The molecule has 2 fully saturated rings. The van der Waals surface area contributed by atoms with E-state index >= 15 is 0 Å². The lowest BCUT2D eigenvalue weighted by Gasteiger charge is -2.36. The molecule has 2 heterocycles. The minimum absolute atomic E-state index is 0.133. The molecule has 0 unspecified atom stereocenters. The number of nitrogens with one attached hydrogen (secondary N) is 1. The molecule has 2 aliphatic heterocycles. The first-order valence-electron chi connectivity index (χ1n) is 14.9. The van der Waals surface area contributed by atoms with Crippen LogP contribution in [0.15, 0.2) is 72.8 Å². The number of thiocarbonyl (C=S) groups is 1. The van der Waals surface area contributed by atoms with E-state index in [9.17, 15) is 18.8 Å². The van der Waals surface area contributed by atoms with Crippen LogP contribution in [0.3, 0.4) is 0 Å². The number of ether oxygens (including phenoxy) is 1. The van der Waals surface area contributed by atoms with Gasteiger partial charge in [-0.2, -0.15) is 0 Å². The van der Waals surface area contributed by atoms with Gasteiger partial charge in [0.2, 0.25) is 5.91 Å². The topological polar surface area (TPSA) is 85.4 Å². The number of carbonyl (C=O) groups is 3. The van der Waals surface area contributed by atoms with Crippen molar-refractivity contribution in [1.29, 1.82) is 0 Å². The molecule has 2 aliphatic rings. The molecule has 2 saturated heterocycles. The predicted molar refractivity (Wildman–Crippen MR) is 177 cm³/mol. The fraction of sp³-hybridized carbons (Fsp3) is 0.333. The first-order valence-corrected chi connectivity index (χ1v) is 15.7. The van der Waals surface area contributed by atoms with Crippen LogP contribution in [-0.4, -0.2) is 84.6 Å². The molecular weight excluding hydrogens is 617 g/mol. The molecule has 45 heavy (non-hydrogen) atoms. The highest BCUT2D eigenvalue weighted by Gasteiger charge is 2.44. The summed E-state index contributed by atoms with van der Waals surface area (Å²) in [5.74, 6) is -1.58. The summed E-state index contributed by atoms with van der Waals surface area (Å²) in [7, 11) is 0. The second-order valence-corrected chi connectivity index (χ2v) is 11.7. The van der Waals surface area contributed by atoms with E-state index in [1.165, 1.54) is 29.2 Å². The van der Waals surface area contributed by atoms with Crippen LogP contribution in [0.1, 0.15) is 30.1 Å². The third kappa shape index (κ3) is 7.97. The molecule has 12 heteroatoms. The standard InChI is InChI=1S/C33H35ClFN5O4S/c1-2-44-32(43)23-7-13-27(14-8-23)40-31(42)29(22-30(41)36-26-11-9-25(35)10-12-26)39(33(40)45)16-4-15-37-17-19-38(20-18-37)28-6-3-5-24(34)21-28/h3,5-14,21,29H,2,4,15-20,22H2,1H3,(H,36,41)/t29-/m1/s1. The Morgan fingerprint density at radius 3 is 2.36 bits per heavy atom. The third-order valence-corrected chi connectivity index (χ3v) is 8.53. The zero-order valence-electron chi connectivity index (χ0n) is 25.0. The van der Waals surface area contributed by atoms with E-state index in [2.05, 4.69) is 21.2 Å². The van der Waals surface area contributed by atoms with E-state index in [4.69, 9.17) is 28.6 Å². The minimum Gasteiger partial charge on any atom is -0.462 e. The fourth-order valence-corrected chi connectivity index (χ4v) is 6.17. The van der Waals surface area contributed by atoms with Crippen LogP contribution in [0.25, 0.3) is 0 Å². The maximum atomic E-state index is 13.8. The molecule has 5 rings (SSSR count). The van der Waals surface area contributed by atoms with Gasteiger partial charge in [-0.25, -0.2) is 9.18 Å². The average Bonchev–Trinajstić information content (AvgIpc) is 3.26. The predicted octanol–water partition coefficient (Wildman–Crippen LogP) is 5.20. The lowest BCUT2D eigenvalue weighted by molar-refractivity contribution is -0.124. The minimum atomic E-state index is -0.817. The SMILES string of the molecule is CCOC(=O)c1ccc(N2C(=O)[C@@H](CC(=O)Nc3ccc(F)cc3)N(CCCN3CCN(c4cccc(Cl)c4)CC3)C2=S)cc1. The number of halogens is 2. The summed E-state index contributed by atoms with van der Waals surface area (Å²) in [6.07, 6.45) is 0.600. The number of benzene rings is 3. The van der Waals surface area contributed by atoms with Gasteiger partial charge in [0.1, 0.15) is 11.9 Å². The molecule has 236 valence electrons. The van der Waals surface area contributed by atoms with Crippen LogP contribution < -0.4 is 15.1 Å². The van der Waals surface area contributed by atoms with Crippen LogP contribution in [0, 0.1) is 5.82 Å². The van der Waals surface area contributed by atoms with Crippen LogP contribution in [0.5, 0.6) is 0 Å². The highest BCUT2D eigenvalue weighted by atomic mass is 35.5. The number of piperazine rings is 1. The Bertz CT molecular complexity index is 1530. The zero-order chi connectivity index (χ0) is 31.9. The van der Waals surface area contributed by atoms with Crippen molar-refractivity contribution in [2.45, 2.75) is 25.8 Å². The first-order chi connectivity index (χ1) is 21.7. The van der Waals surface area contributed by atoms with Gasteiger partial charge in [0.05, 0.1) is 24.3 Å². The van der Waals surface area contributed by atoms with Gasteiger partial charge in [-0.1, -0.05) is 17.7 Å². The number of nitrogens with zero attached hydrogens (tertiary/aromatic N) is 4. The van der Waals surface area contributed by atoms with Crippen LogP contribution in [-0.2, 0) is 14.3 Å². The van der Waals surface area contributed by atoms with Gasteiger partial charge in [-0.3, -0.25) is 19.4 Å². The van der Waals surface area contributed by atoms with Crippen LogP contribution in [0.2, 0.25) is 5.02 Å². The second-order valence-electron chi connectivity index (χ2n) is 10.9. The number of rotatable bonds is 11. The molecule has 1 N–H and O–H groups in total. The molecule has 1 atom stereocenters. The maximum absolute atomic E-state index is 13.8. The molecule has 0 aliphatic carbocycles. The molecule has 0 radical (unpaired) electrons. The molecular formula is C33H35ClFN5O4S. The number of esters is 1. The largest absolute Gasteiger partial charge is 0.462 e. The van der Waals surface area contributed by atoms with Gasteiger partial charge in [0, 0.05) is 49.1 Å². The Labute approximate surface area is 272 Å². The van der Waals surface area contributed by atoms with Gasteiger partial charge in [0.15, 0.2) is 5.11 Å². The summed E-state index contributed by atoms with van der Waals surface area (Å²) in [4.78, 5) is 46.9. The molecule has 0 aromatic heterocycles. The smallest absolute Gasteiger partial charge is 0.338 e. The van der Waals surface area contributed by atoms with Crippen molar-refractivity contribution >= 4 is 63.8 Å². The van der Waals surface area contributed by atoms with E-state index in [1.807, 2.05) is 23.1 Å². The molecule has 2 amide bonds. The Hall–Kier alpha value is -4.06. The quantitative estimate of drug-likeness (QED) is 0.224. The van der Waals surface area contributed by atoms with Crippen LogP contribution >= 0.6 is 23.8 Å². The molecule has 9 nitrogen and oxygen atoms in total. The average molecular weight is 652 g/mol. The zero-order valence-corrected chi connectivity index (χ0v) is 26.5. The summed E-state index contributed by atoms with van der Waals surface area (Å²) < 4.78 is 18.4. The van der Waals surface area contributed by atoms with Gasteiger partial charge in [-0.05, 0) is 98.8 Å². The highest BCUT2D eigenvalue weighted by molar-refractivity contribution is 7.80. The lowest BCUT2D eigenvalue weighted by atomic mass is 10.1. The summed E-state index contributed by atoms with van der Waals surface area (Å²) >= 11 is 12.0. The molecule has 3 aromatic rings. The number of hydrogen-bond acceptors (Lipinski definition) is 7. The summed E-state index contributed by atoms with van der Waals surface area (Å²) in [5, 5.41) is 3.77. The number of hydrogen-bond donors (Lipinski definition) is 1. The molecule has 0 spiro atoms. The van der Waals surface area contributed by atoms with E-state index in [1.54, 1.807) is 31.2 Å². The van der Waals surface area contributed by atoms with E-state index in [0.29, 0.717) is 28.6 Å². The number of carbonyl (C=O) groups excluding carboxylic acids is 3. The van der Waals surface area contributed by atoms with E-state index in [0.717, 1.165) is 49.9 Å². The summed E-state index contributed by atoms with van der Waals surface area (Å²) in [6, 6.07) is 19.0. The van der Waals surface area contributed by atoms with Crippen molar-refractivity contribution in [3.63, 3.8) is 0 Å². The second kappa shape index (κ2) is 14.8. The Morgan fingerprint density at radius 1 is 0.978 bits per heavy atom. The van der Waals surface area contributed by atoms with Crippen molar-refractivity contribution in [1.82, 2.24) is 9.80 Å². The molecule has 3 aromatic carbocycles. The van der Waals surface area contributed by atoms with Crippen molar-refractivity contribution in [2.24, 2.45) is 0 Å². The van der Waals surface area contributed by atoms with E-state index in [-0.39, 0.29) is 24.8 Å². The van der Waals surface area contributed by atoms with Gasteiger partial charge in [-0.15, -0.1) is 0 Å². The highest BCUT2D eigenvalue weighted by Crippen LogP contribution is 2.28. The lowest BCUT2D eigenvalue weighted by Crippen LogP contribution is -2.47. The molecule has 0 bridgehead atoms. The van der Waals surface area contributed by atoms with Crippen molar-refractivity contribution in [3.05, 3.63) is 89.2 Å². The van der Waals surface area contributed by atoms with Crippen molar-refractivity contribution in [2.75, 3.05) is 61.0 Å². The van der Waals surface area contributed by atoms with Crippen LogP contribution in [0.4, 0.5) is 21.5 Å². The Balaban J connectivity index is 1.25. The maximum Gasteiger partial charge on any atom is 0.338 e. The van der Waals surface area contributed by atoms with Gasteiger partial charge in [0.25, 0.3) is 5.91 Å². The van der Waals surface area contributed by atoms with Crippen molar-refractivity contribution in [3.8, 4) is 0 Å². The summed E-state index contributed by atoms with van der Waals surface area (Å²) in [5.41, 5.74) is 2.41. The Kier molecular flexibility index (Phi) is 10.6. The monoisotopic (exact) mass is 651 g/mol. The fourth-order valence-electron chi connectivity index (χ4n) is 5.57. The number of amides is 2. The normalized spacial score (nSPS) is 17.1. The van der Waals surface area contributed by atoms with Crippen molar-refractivity contribution < 1.29 is 23.5 Å². The molecule has 0 saturated carbocycles.